The Morgan fingerprint density at radius 2 is 1.96 bits per heavy atom. The summed E-state index contributed by atoms with van der Waals surface area (Å²) in [4.78, 5) is 25.4. The third-order valence-electron chi connectivity index (χ3n) is 4.40. The number of para-hydroxylation sites is 1. The summed E-state index contributed by atoms with van der Waals surface area (Å²) in [5.74, 6) is 1.37. The van der Waals surface area contributed by atoms with Gasteiger partial charge in [-0.1, -0.05) is 18.2 Å². The normalized spacial score (nSPS) is 16.6. The highest BCUT2D eigenvalue weighted by Crippen LogP contribution is 2.23. The smallest absolute Gasteiger partial charge is 0.261 e. The lowest BCUT2D eigenvalue weighted by Gasteiger charge is -2.26. The molecule has 4 rings (SSSR count). The number of rotatable bonds is 4. The van der Waals surface area contributed by atoms with E-state index >= 15 is 0 Å². The minimum absolute atomic E-state index is 0.0295. The number of hydrogen-bond donors (Lipinski definition) is 0. The molecule has 25 heavy (non-hydrogen) atoms. The molecule has 7 heteroatoms. The molecular weight excluding hydrogens is 320 g/mol. The van der Waals surface area contributed by atoms with E-state index in [1.54, 1.807) is 4.90 Å². The minimum Gasteiger partial charge on any atom is -0.484 e. The highest BCUT2D eigenvalue weighted by atomic mass is 16.5. The Morgan fingerprint density at radius 1 is 1.16 bits per heavy atom. The molecule has 2 aromatic rings. The topological polar surface area (TPSA) is 67.8 Å². The lowest BCUT2D eigenvalue weighted by atomic mass is 10.3. The van der Waals surface area contributed by atoms with Gasteiger partial charge in [-0.2, -0.15) is 0 Å². The fourth-order valence-electron chi connectivity index (χ4n) is 2.99. The summed E-state index contributed by atoms with van der Waals surface area (Å²) < 4.78 is 10.9. The maximum atomic E-state index is 12.4. The van der Waals surface area contributed by atoms with Crippen molar-refractivity contribution in [3.05, 3.63) is 47.8 Å². The molecule has 2 aliphatic rings. The molecule has 0 radical (unpaired) electrons. The molecule has 0 bridgehead atoms. The summed E-state index contributed by atoms with van der Waals surface area (Å²) in [6.45, 7) is 4.06. The second-order valence-electron chi connectivity index (χ2n) is 6.09. The number of morpholine rings is 1. The first kappa shape index (κ1) is 15.8. The predicted molar refractivity (Wildman–Crippen MR) is 91.3 cm³/mol. The average molecular weight is 340 g/mol. The van der Waals surface area contributed by atoms with Gasteiger partial charge in [0.1, 0.15) is 5.75 Å². The molecular formula is C18H20N4O3. The van der Waals surface area contributed by atoms with Crippen molar-refractivity contribution in [2.24, 2.45) is 0 Å². The van der Waals surface area contributed by atoms with Crippen LogP contribution in [0.5, 0.6) is 5.75 Å². The van der Waals surface area contributed by atoms with Gasteiger partial charge in [0, 0.05) is 31.4 Å². The van der Waals surface area contributed by atoms with Crippen LogP contribution in [0, 0.1) is 0 Å². The van der Waals surface area contributed by atoms with Crippen LogP contribution in [-0.2, 0) is 22.6 Å². The van der Waals surface area contributed by atoms with E-state index in [-0.39, 0.29) is 12.5 Å². The molecule has 0 unspecified atom stereocenters. The summed E-state index contributed by atoms with van der Waals surface area (Å²) >= 11 is 0. The number of anilines is 1. The lowest BCUT2D eigenvalue weighted by Crippen LogP contribution is -2.37. The lowest BCUT2D eigenvalue weighted by molar-refractivity contribution is -0.134. The molecule has 1 amide bonds. The zero-order chi connectivity index (χ0) is 17.1. The Morgan fingerprint density at radius 3 is 2.76 bits per heavy atom. The van der Waals surface area contributed by atoms with Crippen molar-refractivity contribution in [3.63, 3.8) is 0 Å². The molecule has 0 atom stereocenters. The van der Waals surface area contributed by atoms with Crippen LogP contribution in [0.2, 0.25) is 0 Å². The summed E-state index contributed by atoms with van der Waals surface area (Å²) in [6.07, 6.45) is 1.83. The maximum Gasteiger partial charge on any atom is 0.261 e. The summed E-state index contributed by atoms with van der Waals surface area (Å²) in [7, 11) is 0. The zero-order valence-electron chi connectivity index (χ0n) is 13.9. The molecule has 0 spiro atoms. The fraction of sp³-hybridized carbons (Fsp3) is 0.389. The van der Waals surface area contributed by atoms with E-state index in [0.29, 0.717) is 32.1 Å². The second-order valence-corrected chi connectivity index (χ2v) is 6.09. The number of nitrogens with zero attached hydrogens (tertiary/aromatic N) is 4. The Labute approximate surface area is 146 Å². The van der Waals surface area contributed by atoms with Crippen molar-refractivity contribution >= 4 is 11.9 Å². The second kappa shape index (κ2) is 7.06. The van der Waals surface area contributed by atoms with Gasteiger partial charge in [-0.25, -0.2) is 9.97 Å². The van der Waals surface area contributed by atoms with Crippen molar-refractivity contribution in [3.8, 4) is 5.75 Å². The van der Waals surface area contributed by atoms with Crippen molar-refractivity contribution in [1.82, 2.24) is 14.9 Å². The molecule has 1 fully saturated rings. The summed E-state index contributed by atoms with van der Waals surface area (Å²) in [6, 6.07) is 9.36. The van der Waals surface area contributed by atoms with E-state index in [2.05, 4.69) is 14.9 Å². The molecule has 1 aromatic carbocycles. The van der Waals surface area contributed by atoms with Crippen molar-refractivity contribution in [2.45, 2.75) is 13.1 Å². The van der Waals surface area contributed by atoms with Crippen LogP contribution in [0.25, 0.3) is 0 Å². The molecule has 7 nitrogen and oxygen atoms in total. The molecule has 0 aliphatic carbocycles. The first-order valence-electron chi connectivity index (χ1n) is 8.43. The quantitative estimate of drug-likeness (QED) is 0.834. The molecule has 0 N–H and O–H groups in total. The third kappa shape index (κ3) is 3.56. The van der Waals surface area contributed by atoms with Gasteiger partial charge in [-0.3, -0.25) is 4.79 Å². The summed E-state index contributed by atoms with van der Waals surface area (Å²) in [5, 5.41) is 0. The van der Waals surface area contributed by atoms with Crippen LogP contribution >= 0.6 is 0 Å². The molecule has 1 aromatic heterocycles. The van der Waals surface area contributed by atoms with Crippen molar-refractivity contribution < 1.29 is 14.3 Å². The molecule has 1 saturated heterocycles. The maximum absolute atomic E-state index is 12.4. The molecule has 3 heterocycles. The number of hydrogen-bond acceptors (Lipinski definition) is 6. The van der Waals surface area contributed by atoms with Crippen LogP contribution in [0.4, 0.5) is 5.95 Å². The number of amides is 1. The van der Waals surface area contributed by atoms with Gasteiger partial charge in [0.15, 0.2) is 6.61 Å². The Kier molecular flexibility index (Phi) is 4.47. The van der Waals surface area contributed by atoms with E-state index in [1.165, 1.54) is 0 Å². The number of benzene rings is 1. The van der Waals surface area contributed by atoms with Crippen LogP contribution in [0.15, 0.2) is 36.5 Å². The van der Waals surface area contributed by atoms with Gasteiger partial charge in [0.2, 0.25) is 5.95 Å². The molecule has 130 valence electrons. The fourth-order valence-corrected chi connectivity index (χ4v) is 2.99. The van der Waals surface area contributed by atoms with Gasteiger partial charge < -0.3 is 19.3 Å². The average Bonchev–Trinajstić information content (AvgIpc) is 3.11. The van der Waals surface area contributed by atoms with Gasteiger partial charge in [0.05, 0.1) is 25.5 Å². The minimum atomic E-state index is -0.0465. The highest BCUT2D eigenvalue weighted by molar-refractivity contribution is 5.78. The standard InChI is InChI=1S/C18H20N4O3/c23-17(13-25-15-4-2-1-3-5-15)22-11-14-10-19-18(20-16(14)12-22)21-6-8-24-9-7-21/h1-5,10H,6-9,11-13H2. The van der Waals surface area contributed by atoms with E-state index in [4.69, 9.17) is 9.47 Å². The first-order chi connectivity index (χ1) is 12.3. The van der Waals surface area contributed by atoms with E-state index in [9.17, 15) is 4.79 Å². The first-order valence-corrected chi connectivity index (χ1v) is 8.43. The Bertz CT molecular complexity index is 747. The molecule has 0 saturated carbocycles. The van der Waals surface area contributed by atoms with Crippen LogP contribution in [0.1, 0.15) is 11.3 Å². The number of fused-ring (bicyclic) bond motifs is 1. The largest absolute Gasteiger partial charge is 0.484 e. The van der Waals surface area contributed by atoms with Crippen molar-refractivity contribution in [1.29, 1.82) is 0 Å². The third-order valence-corrected chi connectivity index (χ3v) is 4.40. The van der Waals surface area contributed by atoms with Gasteiger partial charge in [-0.05, 0) is 12.1 Å². The predicted octanol–water partition coefficient (Wildman–Crippen LogP) is 1.23. The van der Waals surface area contributed by atoms with Crippen LogP contribution in [0.3, 0.4) is 0 Å². The number of carbonyl (C=O) groups is 1. The number of ether oxygens (including phenoxy) is 2. The number of carbonyl (C=O) groups excluding carboxylic acids is 1. The van der Waals surface area contributed by atoms with Crippen molar-refractivity contribution in [2.75, 3.05) is 37.8 Å². The van der Waals surface area contributed by atoms with Gasteiger partial charge in [0.25, 0.3) is 5.91 Å². The van der Waals surface area contributed by atoms with E-state index in [0.717, 1.165) is 30.3 Å². The SMILES string of the molecule is O=C(COc1ccccc1)N1Cc2cnc(N3CCOCC3)nc2C1. The van der Waals surface area contributed by atoms with Crippen LogP contribution in [-0.4, -0.2) is 53.7 Å². The Hall–Kier alpha value is -2.67. The highest BCUT2D eigenvalue weighted by Gasteiger charge is 2.26. The number of aromatic nitrogens is 2. The van der Waals surface area contributed by atoms with E-state index < -0.39 is 0 Å². The summed E-state index contributed by atoms with van der Waals surface area (Å²) in [5.41, 5.74) is 1.93. The Balaban J connectivity index is 1.38. The monoisotopic (exact) mass is 340 g/mol. The van der Waals surface area contributed by atoms with E-state index in [1.807, 2.05) is 36.5 Å². The van der Waals surface area contributed by atoms with Gasteiger partial charge in [-0.15, -0.1) is 0 Å². The molecule has 2 aliphatic heterocycles. The van der Waals surface area contributed by atoms with Crippen LogP contribution < -0.4 is 9.64 Å². The van der Waals surface area contributed by atoms with Gasteiger partial charge >= 0.3 is 0 Å². The zero-order valence-corrected chi connectivity index (χ0v) is 13.9.